The van der Waals surface area contributed by atoms with Gasteiger partial charge in [-0.15, -0.1) is 0 Å². The van der Waals surface area contributed by atoms with Crippen molar-refractivity contribution >= 4 is 5.91 Å². The molecule has 0 saturated heterocycles. The van der Waals surface area contributed by atoms with E-state index in [-0.39, 0.29) is 5.91 Å². The minimum absolute atomic E-state index is 0.131. The van der Waals surface area contributed by atoms with Gasteiger partial charge in [-0.1, -0.05) is 18.2 Å². The zero-order valence-corrected chi connectivity index (χ0v) is 11.4. The van der Waals surface area contributed by atoms with Gasteiger partial charge in [-0.25, -0.2) is 0 Å². The van der Waals surface area contributed by atoms with Crippen molar-refractivity contribution in [2.24, 2.45) is 11.7 Å². The summed E-state index contributed by atoms with van der Waals surface area (Å²) < 4.78 is 0. The highest BCUT2D eigenvalue weighted by Gasteiger charge is 2.28. The summed E-state index contributed by atoms with van der Waals surface area (Å²) in [6, 6.07) is 6.33. The maximum Gasteiger partial charge on any atom is 0.254 e. The SMILES string of the molecule is Cc1cccc(C)c1C(=O)N(C)CC1CC(N)C1. The molecule has 2 N–H and O–H groups in total. The summed E-state index contributed by atoms with van der Waals surface area (Å²) in [7, 11) is 1.89. The quantitative estimate of drug-likeness (QED) is 0.888. The van der Waals surface area contributed by atoms with Crippen molar-refractivity contribution in [2.75, 3.05) is 13.6 Å². The fraction of sp³-hybridized carbons (Fsp3) is 0.533. The molecule has 1 aliphatic carbocycles. The lowest BCUT2D eigenvalue weighted by Gasteiger charge is -2.35. The number of amides is 1. The maximum absolute atomic E-state index is 12.4. The summed E-state index contributed by atoms with van der Waals surface area (Å²) in [6.45, 7) is 4.81. The van der Waals surface area contributed by atoms with Crippen LogP contribution < -0.4 is 5.73 Å². The third kappa shape index (κ3) is 2.56. The molecule has 1 aliphatic rings. The minimum atomic E-state index is 0.131. The largest absolute Gasteiger partial charge is 0.341 e. The van der Waals surface area contributed by atoms with Gasteiger partial charge in [-0.3, -0.25) is 4.79 Å². The predicted molar refractivity (Wildman–Crippen MR) is 73.6 cm³/mol. The Balaban J connectivity index is 2.06. The van der Waals surface area contributed by atoms with Crippen LogP contribution in [-0.4, -0.2) is 30.4 Å². The van der Waals surface area contributed by atoms with Gasteiger partial charge in [-0.2, -0.15) is 0 Å². The fourth-order valence-electron chi connectivity index (χ4n) is 2.75. The first kappa shape index (κ1) is 13.1. The fourth-order valence-corrected chi connectivity index (χ4v) is 2.75. The molecule has 0 radical (unpaired) electrons. The van der Waals surface area contributed by atoms with Gasteiger partial charge in [0.15, 0.2) is 0 Å². The lowest BCUT2D eigenvalue weighted by molar-refractivity contribution is 0.0732. The number of nitrogens with zero attached hydrogens (tertiary/aromatic N) is 1. The minimum Gasteiger partial charge on any atom is -0.341 e. The molecule has 0 aliphatic heterocycles. The molecule has 1 saturated carbocycles. The zero-order chi connectivity index (χ0) is 13.3. The van der Waals surface area contributed by atoms with E-state index in [4.69, 9.17) is 5.73 Å². The van der Waals surface area contributed by atoms with E-state index in [1.54, 1.807) is 0 Å². The van der Waals surface area contributed by atoms with Crippen molar-refractivity contribution in [1.82, 2.24) is 4.90 Å². The van der Waals surface area contributed by atoms with Crippen LogP contribution in [0.3, 0.4) is 0 Å². The van der Waals surface area contributed by atoms with Crippen LogP contribution in [0.2, 0.25) is 0 Å². The monoisotopic (exact) mass is 246 g/mol. The average molecular weight is 246 g/mol. The van der Waals surface area contributed by atoms with Gasteiger partial charge in [0.2, 0.25) is 0 Å². The van der Waals surface area contributed by atoms with Crippen LogP contribution in [0.5, 0.6) is 0 Å². The van der Waals surface area contributed by atoms with Crippen LogP contribution in [0, 0.1) is 19.8 Å². The number of aryl methyl sites for hydroxylation is 2. The van der Waals surface area contributed by atoms with Crippen LogP contribution in [0.15, 0.2) is 18.2 Å². The topological polar surface area (TPSA) is 46.3 Å². The van der Waals surface area contributed by atoms with Crippen LogP contribution in [0.1, 0.15) is 34.3 Å². The number of rotatable bonds is 3. The van der Waals surface area contributed by atoms with Crippen molar-refractivity contribution in [1.29, 1.82) is 0 Å². The first-order valence-corrected chi connectivity index (χ1v) is 6.56. The lowest BCUT2D eigenvalue weighted by atomic mass is 9.80. The van der Waals surface area contributed by atoms with E-state index in [1.807, 2.05) is 44.0 Å². The van der Waals surface area contributed by atoms with Gasteiger partial charge in [0.1, 0.15) is 0 Å². The van der Waals surface area contributed by atoms with Crippen molar-refractivity contribution < 1.29 is 4.79 Å². The Morgan fingerprint density at radius 1 is 1.33 bits per heavy atom. The van der Waals surface area contributed by atoms with E-state index in [0.29, 0.717) is 12.0 Å². The Hall–Kier alpha value is -1.35. The molecule has 3 heteroatoms. The first-order valence-electron chi connectivity index (χ1n) is 6.56. The first-order chi connectivity index (χ1) is 8.49. The third-order valence-corrected chi connectivity index (χ3v) is 3.85. The van der Waals surface area contributed by atoms with Crippen LogP contribution in [0.25, 0.3) is 0 Å². The van der Waals surface area contributed by atoms with E-state index in [1.165, 1.54) is 0 Å². The van der Waals surface area contributed by atoms with Crippen LogP contribution in [-0.2, 0) is 0 Å². The summed E-state index contributed by atoms with van der Waals surface area (Å²) in [5, 5.41) is 0. The summed E-state index contributed by atoms with van der Waals surface area (Å²) in [5.41, 5.74) is 8.73. The smallest absolute Gasteiger partial charge is 0.254 e. The second kappa shape index (κ2) is 5.11. The van der Waals surface area contributed by atoms with E-state index in [9.17, 15) is 4.79 Å². The molecule has 0 bridgehead atoms. The molecule has 18 heavy (non-hydrogen) atoms. The van der Waals surface area contributed by atoms with Gasteiger partial charge in [-0.05, 0) is 43.7 Å². The normalized spacial score (nSPS) is 22.4. The molecule has 1 aromatic rings. The Bertz CT molecular complexity index is 430. The predicted octanol–water partition coefficient (Wildman–Crippen LogP) is 2.11. The number of hydrogen-bond donors (Lipinski definition) is 1. The van der Waals surface area contributed by atoms with Gasteiger partial charge >= 0.3 is 0 Å². The molecule has 3 nitrogen and oxygen atoms in total. The van der Waals surface area contributed by atoms with E-state index in [2.05, 4.69) is 0 Å². The van der Waals surface area contributed by atoms with Gasteiger partial charge in [0.25, 0.3) is 5.91 Å². The van der Waals surface area contributed by atoms with Crippen molar-refractivity contribution in [3.05, 3.63) is 34.9 Å². The molecular formula is C15H22N2O. The third-order valence-electron chi connectivity index (χ3n) is 3.85. The van der Waals surface area contributed by atoms with Gasteiger partial charge in [0.05, 0.1) is 0 Å². The van der Waals surface area contributed by atoms with Crippen LogP contribution >= 0.6 is 0 Å². The highest BCUT2D eigenvalue weighted by atomic mass is 16.2. The zero-order valence-electron chi connectivity index (χ0n) is 11.4. The molecule has 0 heterocycles. The number of carbonyl (C=O) groups is 1. The number of carbonyl (C=O) groups excluding carboxylic acids is 1. The number of hydrogen-bond acceptors (Lipinski definition) is 2. The summed E-state index contributed by atoms with van der Waals surface area (Å²) in [4.78, 5) is 14.3. The summed E-state index contributed by atoms with van der Waals surface area (Å²) in [5.74, 6) is 0.712. The molecule has 98 valence electrons. The van der Waals surface area contributed by atoms with Gasteiger partial charge < -0.3 is 10.6 Å². The Morgan fingerprint density at radius 3 is 2.39 bits per heavy atom. The molecule has 0 spiro atoms. The lowest BCUT2D eigenvalue weighted by Crippen LogP contribution is -2.43. The highest BCUT2D eigenvalue weighted by molar-refractivity contribution is 5.96. The van der Waals surface area contributed by atoms with Crippen molar-refractivity contribution in [2.45, 2.75) is 32.7 Å². The molecular weight excluding hydrogens is 224 g/mol. The standard InChI is InChI=1S/C15H22N2O/c1-10-5-4-6-11(2)14(10)15(18)17(3)9-12-7-13(16)8-12/h4-6,12-13H,7-9,16H2,1-3H3. The molecule has 1 amide bonds. The number of benzene rings is 1. The second-order valence-electron chi connectivity index (χ2n) is 5.55. The molecule has 1 fully saturated rings. The van der Waals surface area contributed by atoms with Crippen molar-refractivity contribution in [3.8, 4) is 0 Å². The summed E-state index contributed by atoms with van der Waals surface area (Å²) >= 11 is 0. The van der Waals surface area contributed by atoms with E-state index in [0.717, 1.165) is 36.1 Å². The highest BCUT2D eigenvalue weighted by Crippen LogP contribution is 2.26. The molecule has 1 aromatic carbocycles. The Morgan fingerprint density at radius 2 is 1.89 bits per heavy atom. The maximum atomic E-state index is 12.4. The molecule has 2 rings (SSSR count). The Labute approximate surface area is 109 Å². The molecule has 0 unspecified atom stereocenters. The van der Waals surface area contributed by atoms with Crippen molar-refractivity contribution in [3.63, 3.8) is 0 Å². The Kier molecular flexibility index (Phi) is 3.71. The summed E-state index contributed by atoms with van der Waals surface area (Å²) in [6.07, 6.45) is 2.09. The van der Waals surface area contributed by atoms with E-state index >= 15 is 0 Å². The van der Waals surface area contributed by atoms with E-state index < -0.39 is 0 Å². The molecule has 0 atom stereocenters. The number of nitrogens with two attached hydrogens (primary N) is 1. The van der Waals surface area contributed by atoms with Crippen LogP contribution in [0.4, 0.5) is 0 Å². The average Bonchev–Trinajstić information content (AvgIpc) is 2.26. The second-order valence-corrected chi connectivity index (χ2v) is 5.55. The molecule has 0 aromatic heterocycles. The van der Waals surface area contributed by atoms with Gasteiger partial charge in [0, 0.05) is 25.2 Å².